The average Bonchev–Trinajstić information content (AvgIpc) is 2.92. The molecule has 92 valence electrons. The van der Waals surface area contributed by atoms with Crippen molar-refractivity contribution in [2.24, 2.45) is 0 Å². The third-order valence-electron chi connectivity index (χ3n) is 2.81. The summed E-state index contributed by atoms with van der Waals surface area (Å²) in [6.07, 6.45) is 2.96. The molecule has 0 aromatic carbocycles. The van der Waals surface area contributed by atoms with E-state index in [2.05, 4.69) is 40.0 Å². The lowest BCUT2D eigenvalue weighted by molar-refractivity contribution is 0.536. The van der Waals surface area contributed by atoms with Crippen LogP contribution in [0.4, 0.5) is 0 Å². The molecule has 0 aliphatic heterocycles. The Balaban J connectivity index is 2.35. The highest BCUT2D eigenvalue weighted by molar-refractivity contribution is 7.09. The van der Waals surface area contributed by atoms with Gasteiger partial charge >= 0.3 is 0 Å². The van der Waals surface area contributed by atoms with Crippen LogP contribution in [0.25, 0.3) is 0 Å². The summed E-state index contributed by atoms with van der Waals surface area (Å²) in [5.74, 6) is 0. The highest BCUT2D eigenvalue weighted by atomic mass is 32.1. The van der Waals surface area contributed by atoms with Crippen LogP contribution in [0, 0.1) is 6.92 Å². The molecule has 0 fully saturated rings. The van der Waals surface area contributed by atoms with E-state index < -0.39 is 0 Å². The van der Waals surface area contributed by atoms with Crippen LogP contribution >= 0.6 is 11.3 Å². The zero-order chi connectivity index (χ0) is 12.3. The second kappa shape index (κ2) is 5.42. The molecule has 0 aliphatic rings. The Bertz CT molecular complexity index is 474. The molecule has 0 aliphatic carbocycles. The molecule has 17 heavy (non-hydrogen) atoms. The van der Waals surface area contributed by atoms with E-state index in [9.17, 15) is 0 Å². The van der Waals surface area contributed by atoms with Crippen LogP contribution in [0.2, 0.25) is 0 Å². The maximum Gasteiger partial charge on any atom is 0.0858 e. The molecule has 4 nitrogen and oxygen atoms in total. The van der Waals surface area contributed by atoms with Crippen LogP contribution in [0.5, 0.6) is 0 Å². The van der Waals surface area contributed by atoms with Crippen molar-refractivity contribution in [1.29, 1.82) is 0 Å². The van der Waals surface area contributed by atoms with Gasteiger partial charge in [0.2, 0.25) is 0 Å². The predicted octanol–water partition coefficient (Wildman–Crippen LogP) is 2.37. The lowest BCUT2D eigenvalue weighted by Gasteiger charge is -2.17. The second-order valence-corrected chi connectivity index (χ2v) is 4.89. The van der Waals surface area contributed by atoms with E-state index in [1.54, 1.807) is 11.3 Å². The van der Waals surface area contributed by atoms with Crippen molar-refractivity contribution >= 4 is 11.3 Å². The molecular formula is C12H18N4S. The minimum atomic E-state index is 0.191. The average molecular weight is 250 g/mol. The normalized spacial score (nSPS) is 12.9. The maximum atomic E-state index is 4.38. The van der Waals surface area contributed by atoms with Crippen LogP contribution in [-0.4, -0.2) is 21.8 Å². The van der Waals surface area contributed by atoms with Crippen LogP contribution in [-0.2, 0) is 6.54 Å². The van der Waals surface area contributed by atoms with Crippen molar-refractivity contribution in [3.05, 3.63) is 34.0 Å². The Morgan fingerprint density at radius 1 is 1.53 bits per heavy atom. The van der Waals surface area contributed by atoms with Gasteiger partial charge in [0.05, 0.1) is 27.8 Å². The summed E-state index contributed by atoms with van der Waals surface area (Å²) >= 11 is 1.69. The Morgan fingerprint density at radius 2 is 2.35 bits per heavy atom. The van der Waals surface area contributed by atoms with Gasteiger partial charge in [0.25, 0.3) is 0 Å². The zero-order valence-corrected chi connectivity index (χ0v) is 11.3. The molecule has 2 rings (SSSR count). The largest absolute Gasteiger partial charge is 0.307 e. The van der Waals surface area contributed by atoms with E-state index in [4.69, 9.17) is 0 Å². The van der Waals surface area contributed by atoms with Crippen molar-refractivity contribution < 1.29 is 0 Å². The summed E-state index contributed by atoms with van der Waals surface area (Å²) in [4.78, 5) is 5.59. The molecule has 2 aromatic heterocycles. The fraction of sp³-hybridized carbons (Fsp3) is 0.500. The number of hydrogen-bond acceptors (Lipinski definition) is 4. The van der Waals surface area contributed by atoms with Gasteiger partial charge in [0.1, 0.15) is 0 Å². The first-order chi connectivity index (χ1) is 8.27. The summed E-state index contributed by atoms with van der Waals surface area (Å²) < 4.78 is 2.07. The Morgan fingerprint density at radius 3 is 2.94 bits per heavy atom. The molecule has 1 unspecified atom stereocenters. The van der Waals surface area contributed by atoms with Gasteiger partial charge in [-0.15, -0.1) is 11.3 Å². The van der Waals surface area contributed by atoms with E-state index in [0.717, 1.165) is 18.7 Å². The molecule has 2 heterocycles. The zero-order valence-electron chi connectivity index (χ0n) is 10.5. The third kappa shape index (κ3) is 2.40. The van der Waals surface area contributed by atoms with Gasteiger partial charge in [-0.3, -0.25) is 4.68 Å². The Hall–Kier alpha value is -1.20. The van der Waals surface area contributed by atoms with Crippen molar-refractivity contribution in [3.8, 4) is 0 Å². The first kappa shape index (κ1) is 12.3. The summed E-state index contributed by atoms with van der Waals surface area (Å²) in [7, 11) is 1.98. The molecule has 0 saturated heterocycles. The van der Waals surface area contributed by atoms with Gasteiger partial charge in [0.15, 0.2) is 0 Å². The van der Waals surface area contributed by atoms with Gasteiger partial charge in [-0.05, 0) is 26.5 Å². The van der Waals surface area contributed by atoms with Gasteiger partial charge in [-0.25, -0.2) is 4.98 Å². The smallest absolute Gasteiger partial charge is 0.0858 e. The van der Waals surface area contributed by atoms with Gasteiger partial charge in [0, 0.05) is 12.7 Å². The van der Waals surface area contributed by atoms with Crippen molar-refractivity contribution in [3.63, 3.8) is 0 Å². The van der Waals surface area contributed by atoms with Crippen LogP contribution in [0.15, 0.2) is 17.8 Å². The van der Waals surface area contributed by atoms with E-state index in [1.807, 2.05) is 18.8 Å². The molecule has 5 heteroatoms. The standard InChI is InChI=1S/C12H18N4S/c1-4-7-16-10(5-6-15-16)11(13-3)12-9(2)14-8-17-12/h5-6,8,11,13H,4,7H2,1-3H3. The summed E-state index contributed by atoms with van der Waals surface area (Å²) in [5.41, 5.74) is 4.20. The minimum Gasteiger partial charge on any atom is -0.307 e. The monoisotopic (exact) mass is 250 g/mol. The van der Waals surface area contributed by atoms with Gasteiger partial charge in [-0.1, -0.05) is 6.92 Å². The van der Waals surface area contributed by atoms with E-state index in [-0.39, 0.29) is 6.04 Å². The molecule has 0 amide bonds. The fourth-order valence-electron chi connectivity index (χ4n) is 1.99. The highest BCUT2D eigenvalue weighted by Crippen LogP contribution is 2.27. The fourth-order valence-corrected chi connectivity index (χ4v) is 2.91. The second-order valence-electron chi connectivity index (χ2n) is 4.00. The number of aromatic nitrogens is 3. The number of nitrogens with zero attached hydrogens (tertiary/aromatic N) is 3. The minimum absolute atomic E-state index is 0.191. The summed E-state index contributed by atoms with van der Waals surface area (Å²) in [6.45, 7) is 5.17. The molecular weight excluding hydrogens is 232 g/mol. The van der Waals surface area contributed by atoms with Gasteiger partial charge in [-0.2, -0.15) is 5.10 Å². The van der Waals surface area contributed by atoms with Crippen molar-refractivity contribution in [2.45, 2.75) is 32.9 Å². The molecule has 1 atom stereocenters. The topological polar surface area (TPSA) is 42.7 Å². The lowest BCUT2D eigenvalue weighted by Crippen LogP contribution is -2.21. The number of rotatable bonds is 5. The molecule has 0 spiro atoms. The molecule has 0 bridgehead atoms. The van der Waals surface area contributed by atoms with E-state index >= 15 is 0 Å². The molecule has 2 aromatic rings. The quantitative estimate of drug-likeness (QED) is 0.886. The summed E-state index contributed by atoms with van der Waals surface area (Å²) in [5, 5.41) is 7.73. The Labute approximate surface area is 106 Å². The molecule has 0 saturated carbocycles. The molecule has 1 N–H and O–H groups in total. The highest BCUT2D eigenvalue weighted by Gasteiger charge is 2.19. The maximum absolute atomic E-state index is 4.38. The predicted molar refractivity (Wildman–Crippen MR) is 70.3 cm³/mol. The first-order valence-electron chi connectivity index (χ1n) is 5.86. The number of aryl methyl sites for hydroxylation is 2. The van der Waals surface area contributed by atoms with Crippen molar-refractivity contribution in [1.82, 2.24) is 20.1 Å². The molecule has 0 radical (unpaired) electrons. The van der Waals surface area contributed by atoms with E-state index in [1.165, 1.54) is 10.6 Å². The SMILES string of the molecule is CCCn1nccc1C(NC)c1scnc1C. The first-order valence-corrected chi connectivity index (χ1v) is 6.74. The number of thiazole rings is 1. The Kier molecular flexibility index (Phi) is 3.91. The van der Waals surface area contributed by atoms with Crippen molar-refractivity contribution in [2.75, 3.05) is 7.05 Å². The lowest BCUT2D eigenvalue weighted by atomic mass is 10.1. The number of nitrogens with one attached hydrogen (secondary N) is 1. The number of hydrogen-bond donors (Lipinski definition) is 1. The van der Waals surface area contributed by atoms with Crippen LogP contribution in [0.3, 0.4) is 0 Å². The summed E-state index contributed by atoms with van der Waals surface area (Å²) in [6, 6.07) is 2.27. The van der Waals surface area contributed by atoms with E-state index in [0.29, 0.717) is 0 Å². The van der Waals surface area contributed by atoms with Crippen LogP contribution < -0.4 is 5.32 Å². The van der Waals surface area contributed by atoms with Gasteiger partial charge < -0.3 is 5.32 Å². The van der Waals surface area contributed by atoms with Crippen LogP contribution in [0.1, 0.15) is 35.7 Å². The third-order valence-corrected chi connectivity index (χ3v) is 3.81.